The van der Waals surface area contributed by atoms with E-state index in [0.717, 1.165) is 11.8 Å². The van der Waals surface area contributed by atoms with Gasteiger partial charge in [0.15, 0.2) is 0 Å². The summed E-state index contributed by atoms with van der Waals surface area (Å²) < 4.78 is 46.9. The van der Waals surface area contributed by atoms with Crippen molar-refractivity contribution in [2.75, 3.05) is 36.5 Å². The highest BCUT2D eigenvalue weighted by Gasteiger charge is 2.35. The highest BCUT2D eigenvalue weighted by atomic mass is 19.3. The molecule has 5 rings (SSSR count). The molecule has 34 heavy (non-hydrogen) atoms. The fourth-order valence-electron chi connectivity index (χ4n) is 4.56. The average Bonchev–Trinajstić information content (AvgIpc) is 2.82. The van der Waals surface area contributed by atoms with Crippen molar-refractivity contribution in [2.24, 2.45) is 0 Å². The Hall–Kier alpha value is -3.76. The van der Waals surface area contributed by atoms with Crippen molar-refractivity contribution in [3.63, 3.8) is 0 Å². The van der Waals surface area contributed by atoms with Crippen molar-refractivity contribution in [2.45, 2.75) is 25.4 Å². The molecule has 0 spiro atoms. The van der Waals surface area contributed by atoms with Crippen LogP contribution in [0.2, 0.25) is 0 Å². The molecule has 2 atom stereocenters. The summed E-state index contributed by atoms with van der Waals surface area (Å²) in [7, 11) is 0. The van der Waals surface area contributed by atoms with Crippen LogP contribution in [0.5, 0.6) is 5.75 Å². The lowest BCUT2D eigenvalue weighted by molar-refractivity contribution is 0.123. The number of nitrogens with one attached hydrogen (secondary N) is 1. The molecule has 3 aromatic rings. The molecule has 2 aliphatic rings. The van der Waals surface area contributed by atoms with Gasteiger partial charge in [-0.3, -0.25) is 0 Å². The number of carbonyl (C=O) groups is 1. The fraction of sp³-hybridized carbons (Fsp3) is 0.348. The number of carboxylic acid groups (broad SMARTS) is 1. The number of halogens is 3. The summed E-state index contributed by atoms with van der Waals surface area (Å²) in [6.45, 7) is 3.24. The van der Waals surface area contributed by atoms with Crippen LogP contribution in [0, 0.1) is 5.82 Å². The maximum absolute atomic E-state index is 14.7. The van der Waals surface area contributed by atoms with Crippen molar-refractivity contribution in [3.8, 4) is 5.75 Å². The topological polar surface area (TPSA) is 90.8 Å². The largest absolute Gasteiger partial charge is 0.489 e. The zero-order valence-corrected chi connectivity index (χ0v) is 18.2. The minimum atomic E-state index is -2.91. The summed E-state index contributed by atoms with van der Waals surface area (Å²) in [5, 5.41) is 13.1. The summed E-state index contributed by atoms with van der Waals surface area (Å²) in [5.41, 5.74) is 0.866. The van der Waals surface area contributed by atoms with Gasteiger partial charge in [0.05, 0.1) is 28.9 Å². The lowest BCUT2D eigenvalue weighted by Crippen LogP contribution is -2.58. The monoisotopic (exact) mass is 473 g/mol. The summed E-state index contributed by atoms with van der Waals surface area (Å²) in [6.07, 6.45) is -2.50. The maximum atomic E-state index is 14.7. The van der Waals surface area contributed by atoms with Crippen LogP contribution < -0.4 is 15.0 Å². The number of hydrogen-bond donors (Lipinski definition) is 2. The summed E-state index contributed by atoms with van der Waals surface area (Å²) in [6, 6.07) is 6.83. The van der Waals surface area contributed by atoms with Gasteiger partial charge in [0.1, 0.15) is 30.3 Å². The van der Waals surface area contributed by atoms with Gasteiger partial charge in [0, 0.05) is 36.7 Å². The quantitative estimate of drug-likeness (QED) is 0.579. The van der Waals surface area contributed by atoms with Crippen molar-refractivity contribution in [1.29, 1.82) is 0 Å². The molecule has 178 valence electrons. The second-order valence-corrected chi connectivity index (χ2v) is 8.36. The number of rotatable bonds is 4. The van der Waals surface area contributed by atoms with Gasteiger partial charge < -0.3 is 25.0 Å². The van der Waals surface area contributed by atoms with Gasteiger partial charge in [-0.1, -0.05) is 18.2 Å². The Kier molecular flexibility index (Phi) is 5.54. The van der Waals surface area contributed by atoms with Gasteiger partial charge in [-0.25, -0.2) is 27.9 Å². The predicted octanol–water partition coefficient (Wildman–Crippen LogP) is 4.44. The van der Waals surface area contributed by atoms with E-state index >= 15 is 0 Å². The first kappa shape index (κ1) is 22.1. The first-order chi connectivity index (χ1) is 16.3. The van der Waals surface area contributed by atoms with E-state index in [0.29, 0.717) is 48.7 Å². The number of nitrogens with zero attached hydrogens (tertiary/aromatic N) is 4. The summed E-state index contributed by atoms with van der Waals surface area (Å²) >= 11 is 0. The van der Waals surface area contributed by atoms with Crippen LogP contribution in [0.25, 0.3) is 10.9 Å². The van der Waals surface area contributed by atoms with Crippen molar-refractivity contribution >= 4 is 28.5 Å². The van der Waals surface area contributed by atoms with Crippen molar-refractivity contribution < 1.29 is 27.8 Å². The van der Waals surface area contributed by atoms with Gasteiger partial charge in [-0.15, -0.1) is 0 Å². The molecular formula is C23H22F3N5O3. The van der Waals surface area contributed by atoms with E-state index in [1.54, 1.807) is 13.0 Å². The maximum Gasteiger partial charge on any atom is 0.407 e. The van der Waals surface area contributed by atoms with E-state index in [9.17, 15) is 23.1 Å². The molecule has 1 fully saturated rings. The van der Waals surface area contributed by atoms with E-state index in [2.05, 4.69) is 20.2 Å². The Morgan fingerprint density at radius 1 is 1.24 bits per heavy atom. The standard InChI is InChI=1S/C23H22F3N5O3/c1-12(14-3-2-4-15(20(14)24)21(25)26)29-22-16-7-18-19(8-17(16)27-11-28-22)34-10-13-9-30(23(32)33)5-6-31(13)18/h2-4,7-8,11-13,21H,5-6,9-10H2,1H3,(H,32,33)(H,27,28,29)/t12?,13-/m1/s1. The molecule has 1 amide bonds. The SMILES string of the molecule is CC(Nc1ncnc2cc3c(cc12)N1CCN(C(=O)O)C[C@@H]1CO3)c1cccc(C(F)F)c1F. The highest BCUT2D eigenvalue weighted by Crippen LogP contribution is 2.40. The van der Waals surface area contributed by atoms with Crippen LogP contribution >= 0.6 is 0 Å². The number of piperazine rings is 1. The molecule has 2 aliphatic heterocycles. The van der Waals surface area contributed by atoms with Gasteiger partial charge >= 0.3 is 6.09 Å². The smallest absolute Gasteiger partial charge is 0.407 e. The van der Waals surface area contributed by atoms with Crippen LogP contribution in [-0.2, 0) is 0 Å². The molecule has 11 heteroatoms. The second kappa shape index (κ2) is 8.54. The molecule has 1 unspecified atom stereocenters. The third-order valence-corrected chi connectivity index (χ3v) is 6.32. The van der Waals surface area contributed by atoms with Crippen molar-refractivity contribution in [3.05, 3.63) is 53.6 Å². The number of alkyl halides is 2. The Balaban J connectivity index is 1.48. The summed E-state index contributed by atoms with van der Waals surface area (Å²) in [5.74, 6) is 0.120. The minimum Gasteiger partial charge on any atom is -0.489 e. The third kappa shape index (κ3) is 3.80. The molecule has 0 aliphatic carbocycles. The minimum absolute atomic E-state index is 0.107. The van der Waals surface area contributed by atoms with Gasteiger partial charge in [-0.2, -0.15) is 0 Å². The fourth-order valence-corrected chi connectivity index (χ4v) is 4.56. The van der Waals surface area contributed by atoms with E-state index < -0.39 is 29.9 Å². The lowest BCUT2D eigenvalue weighted by atomic mass is 10.0. The van der Waals surface area contributed by atoms with Crippen LogP contribution in [0.3, 0.4) is 0 Å². The molecule has 0 bridgehead atoms. The van der Waals surface area contributed by atoms with E-state index in [1.807, 2.05) is 6.07 Å². The van der Waals surface area contributed by atoms with Crippen LogP contribution in [0.4, 0.5) is 29.5 Å². The van der Waals surface area contributed by atoms with E-state index in [1.165, 1.54) is 23.4 Å². The summed E-state index contributed by atoms with van der Waals surface area (Å²) in [4.78, 5) is 23.5. The highest BCUT2D eigenvalue weighted by molar-refractivity contribution is 5.94. The lowest BCUT2D eigenvalue weighted by Gasteiger charge is -2.44. The average molecular weight is 473 g/mol. The molecule has 3 heterocycles. The Morgan fingerprint density at radius 3 is 2.79 bits per heavy atom. The van der Waals surface area contributed by atoms with Gasteiger partial charge in [0.25, 0.3) is 6.43 Å². The van der Waals surface area contributed by atoms with Crippen molar-refractivity contribution in [1.82, 2.24) is 14.9 Å². The Morgan fingerprint density at radius 2 is 2.03 bits per heavy atom. The number of benzene rings is 2. The molecule has 1 aromatic heterocycles. The Bertz CT molecular complexity index is 1260. The molecule has 0 radical (unpaired) electrons. The second-order valence-electron chi connectivity index (χ2n) is 8.36. The third-order valence-electron chi connectivity index (χ3n) is 6.32. The Labute approximate surface area is 193 Å². The number of aromatic nitrogens is 2. The number of amides is 1. The molecule has 0 saturated carbocycles. The van der Waals surface area contributed by atoms with Gasteiger partial charge in [-0.05, 0) is 13.0 Å². The number of anilines is 2. The number of hydrogen-bond acceptors (Lipinski definition) is 6. The number of fused-ring (bicyclic) bond motifs is 4. The molecule has 1 saturated heterocycles. The van der Waals surface area contributed by atoms with Crippen LogP contribution in [-0.4, -0.2) is 58.4 Å². The molecule has 8 nitrogen and oxygen atoms in total. The van der Waals surface area contributed by atoms with E-state index in [-0.39, 0.29) is 11.6 Å². The van der Waals surface area contributed by atoms with E-state index in [4.69, 9.17) is 4.74 Å². The normalized spacial score (nSPS) is 18.3. The molecule has 2 N–H and O–H groups in total. The zero-order chi connectivity index (χ0) is 24.0. The molecule has 2 aromatic carbocycles. The van der Waals surface area contributed by atoms with Crippen LogP contribution in [0.1, 0.15) is 30.5 Å². The first-order valence-electron chi connectivity index (χ1n) is 10.8. The van der Waals surface area contributed by atoms with Gasteiger partial charge in [0.2, 0.25) is 0 Å². The van der Waals surface area contributed by atoms with Crippen LogP contribution in [0.15, 0.2) is 36.7 Å². The first-order valence-corrected chi connectivity index (χ1v) is 10.8. The predicted molar refractivity (Wildman–Crippen MR) is 119 cm³/mol. The molecular weight excluding hydrogens is 451 g/mol. The zero-order valence-electron chi connectivity index (χ0n) is 18.2. The number of ether oxygens (including phenoxy) is 1.